The standard InChI is InChI=1S/C11H11ClN2O4/c12-10-8(11(15)16)9(13-14-10)5-1-2-6-7(3-5)18-4-17-6/h1-3,8-10,13-14H,4H2,(H,15,16). The number of alkyl halides is 1. The molecule has 0 spiro atoms. The number of halogens is 1. The molecule has 1 fully saturated rings. The third-order valence-corrected chi connectivity index (χ3v) is 3.47. The first-order valence-electron chi connectivity index (χ1n) is 5.44. The molecule has 3 rings (SSSR count). The van der Waals surface area contributed by atoms with E-state index in [0.29, 0.717) is 11.5 Å². The van der Waals surface area contributed by atoms with Gasteiger partial charge in [-0.1, -0.05) is 6.07 Å². The number of hydrazine groups is 1. The molecular formula is C11H11ClN2O4. The van der Waals surface area contributed by atoms with Crippen molar-refractivity contribution in [1.29, 1.82) is 0 Å². The minimum atomic E-state index is -0.949. The lowest BCUT2D eigenvalue weighted by Crippen LogP contribution is -2.28. The number of rotatable bonds is 2. The zero-order valence-electron chi connectivity index (χ0n) is 9.22. The first kappa shape index (κ1) is 11.6. The van der Waals surface area contributed by atoms with Gasteiger partial charge in [-0.2, -0.15) is 0 Å². The summed E-state index contributed by atoms with van der Waals surface area (Å²) in [5, 5.41) is 9.19. The largest absolute Gasteiger partial charge is 0.481 e. The predicted molar refractivity (Wildman–Crippen MR) is 62.3 cm³/mol. The van der Waals surface area contributed by atoms with Crippen LogP contribution in [0.1, 0.15) is 11.6 Å². The van der Waals surface area contributed by atoms with Gasteiger partial charge in [-0.15, -0.1) is 11.6 Å². The molecule has 3 atom stereocenters. The quantitative estimate of drug-likeness (QED) is 0.546. The van der Waals surface area contributed by atoms with E-state index < -0.39 is 23.4 Å². The Morgan fingerprint density at radius 1 is 1.33 bits per heavy atom. The highest BCUT2D eigenvalue weighted by atomic mass is 35.5. The Balaban J connectivity index is 1.92. The van der Waals surface area contributed by atoms with Crippen LogP contribution in [0.25, 0.3) is 0 Å². The second-order valence-electron chi connectivity index (χ2n) is 4.14. The number of carboxylic acids is 1. The maximum absolute atomic E-state index is 11.2. The van der Waals surface area contributed by atoms with Crippen LogP contribution in [0, 0.1) is 5.92 Å². The van der Waals surface area contributed by atoms with Gasteiger partial charge in [0, 0.05) is 0 Å². The molecule has 3 N–H and O–H groups in total. The van der Waals surface area contributed by atoms with E-state index in [1.54, 1.807) is 18.2 Å². The van der Waals surface area contributed by atoms with Gasteiger partial charge in [0.1, 0.15) is 11.4 Å². The summed E-state index contributed by atoms with van der Waals surface area (Å²) < 4.78 is 10.5. The summed E-state index contributed by atoms with van der Waals surface area (Å²) in [6, 6.07) is 4.93. The van der Waals surface area contributed by atoms with Crippen molar-refractivity contribution in [1.82, 2.24) is 10.9 Å². The lowest BCUT2D eigenvalue weighted by molar-refractivity contribution is -0.141. The van der Waals surface area contributed by atoms with Gasteiger partial charge in [-0.05, 0) is 17.7 Å². The van der Waals surface area contributed by atoms with Crippen LogP contribution in [0.2, 0.25) is 0 Å². The van der Waals surface area contributed by atoms with Crippen LogP contribution in [0.3, 0.4) is 0 Å². The number of carboxylic acid groups (broad SMARTS) is 1. The first-order chi connectivity index (χ1) is 8.66. The summed E-state index contributed by atoms with van der Waals surface area (Å²) in [6.45, 7) is 0.190. The fourth-order valence-corrected chi connectivity index (χ4v) is 2.50. The Bertz CT molecular complexity index is 496. The lowest BCUT2D eigenvalue weighted by Gasteiger charge is -2.16. The Hall–Kier alpha value is -1.50. The van der Waals surface area contributed by atoms with E-state index >= 15 is 0 Å². The smallest absolute Gasteiger partial charge is 0.311 e. The van der Waals surface area contributed by atoms with Crippen LogP contribution in [0.5, 0.6) is 11.5 Å². The monoisotopic (exact) mass is 270 g/mol. The molecule has 0 saturated carbocycles. The van der Waals surface area contributed by atoms with Crippen molar-refractivity contribution in [3.8, 4) is 11.5 Å². The molecular weight excluding hydrogens is 260 g/mol. The fraction of sp³-hybridized carbons (Fsp3) is 0.364. The molecule has 0 aromatic heterocycles. The van der Waals surface area contributed by atoms with E-state index in [-0.39, 0.29) is 6.79 Å². The highest BCUT2D eigenvalue weighted by Crippen LogP contribution is 2.37. The van der Waals surface area contributed by atoms with E-state index in [9.17, 15) is 9.90 Å². The Morgan fingerprint density at radius 2 is 2.11 bits per heavy atom. The number of hydrogen-bond donors (Lipinski definition) is 3. The predicted octanol–water partition coefficient (Wildman–Crippen LogP) is 0.830. The lowest BCUT2D eigenvalue weighted by atomic mass is 9.94. The normalized spacial score (nSPS) is 29.5. The van der Waals surface area contributed by atoms with Crippen molar-refractivity contribution in [2.24, 2.45) is 5.92 Å². The summed E-state index contributed by atoms with van der Waals surface area (Å²) in [6.07, 6.45) is 0. The van der Waals surface area contributed by atoms with Crippen LogP contribution in [-0.2, 0) is 4.79 Å². The van der Waals surface area contributed by atoms with Crippen molar-refractivity contribution >= 4 is 17.6 Å². The summed E-state index contributed by atoms with van der Waals surface area (Å²) in [5.41, 5.74) is 5.75. The summed E-state index contributed by atoms with van der Waals surface area (Å²) >= 11 is 5.92. The average Bonchev–Trinajstić information content (AvgIpc) is 2.93. The number of ether oxygens (including phenoxy) is 2. The minimum Gasteiger partial charge on any atom is -0.481 e. The van der Waals surface area contributed by atoms with Crippen molar-refractivity contribution in [2.75, 3.05) is 6.79 Å². The second-order valence-corrected chi connectivity index (χ2v) is 4.62. The van der Waals surface area contributed by atoms with Gasteiger partial charge in [-0.25, -0.2) is 10.9 Å². The van der Waals surface area contributed by atoms with E-state index in [0.717, 1.165) is 5.56 Å². The first-order valence-corrected chi connectivity index (χ1v) is 5.88. The molecule has 0 radical (unpaired) electrons. The Labute approximate surface area is 108 Å². The van der Waals surface area contributed by atoms with Gasteiger partial charge >= 0.3 is 5.97 Å². The zero-order chi connectivity index (χ0) is 12.7. The van der Waals surface area contributed by atoms with Gasteiger partial charge < -0.3 is 14.6 Å². The van der Waals surface area contributed by atoms with Crippen LogP contribution in [0.15, 0.2) is 18.2 Å². The molecule has 0 amide bonds. The van der Waals surface area contributed by atoms with Crippen molar-refractivity contribution in [3.63, 3.8) is 0 Å². The molecule has 1 aromatic rings. The molecule has 7 heteroatoms. The second kappa shape index (κ2) is 4.31. The molecule has 1 aromatic carbocycles. The summed E-state index contributed by atoms with van der Waals surface area (Å²) in [7, 11) is 0. The zero-order valence-corrected chi connectivity index (χ0v) is 9.98. The van der Waals surface area contributed by atoms with Gasteiger partial charge in [0.15, 0.2) is 11.5 Å². The van der Waals surface area contributed by atoms with Crippen LogP contribution in [0.4, 0.5) is 0 Å². The third-order valence-electron chi connectivity index (χ3n) is 3.09. The molecule has 2 aliphatic heterocycles. The van der Waals surface area contributed by atoms with Crippen LogP contribution < -0.4 is 20.3 Å². The molecule has 2 heterocycles. The maximum Gasteiger partial charge on any atom is 0.311 e. The molecule has 3 unspecified atom stereocenters. The number of fused-ring (bicyclic) bond motifs is 1. The Kier molecular flexibility index (Phi) is 2.77. The molecule has 96 valence electrons. The highest BCUT2D eigenvalue weighted by Gasteiger charge is 2.41. The molecule has 0 bridgehead atoms. The number of hydrogen-bond acceptors (Lipinski definition) is 5. The van der Waals surface area contributed by atoms with E-state index in [2.05, 4.69) is 10.9 Å². The summed E-state index contributed by atoms with van der Waals surface area (Å²) in [5.74, 6) is -0.405. The van der Waals surface area contributed by atoms with Gasteiger partial charge in [0.25, 0.3) is 0 Å². The third kappa shape index (κ3) is 1.78. The molecule has 18 heavy (non-hydrogen) atoms. The van der Waals surface area contributed by atoms with Gasteiger partial charge in [-0.3, -0.25) is 4.79 Å². The fourth-order valence-electron chi connectivity index (χ4n) is 2.18. The van der Waals surface area contributed by atoms with Crippen molar-refractivity contribution in [2.45, 2.75) is 11.5 Å². The average molecular weight is 271 g/mol. The molecule has 0 aliphatic carbocycles. The SMILES string of the molecule is O=C(O)C1C(Cl)NNC1c1ccc2c(c1)OCO2. The van der Waals surface area contributed by atoms with Crippen LogP contribution >= 0.6 is 11.6 Å². The molecule has 1 saturated heterocycles. The molecule has 2 aliphatic rings. The van der Waals surface area contributed by atoms with Crippen molar-refractivity contribution in [3.05, 3.63) is 23.8 Å². The summed E-state index contributed by atoms with van der Waals surface area (Å²) in [4.78, 5) is 11.2. The van der Waals surface area contributed by atoms with E-state index in [4.69, 9.17) is 21.1 Å². The van der Waals surface area contributed by atoms with Gasteiger partial charge in [0.05, 0.1) is 6.04 Å². The number of aliphatic carboxylic acids is 1. The number of carbonyl (C=O) groups is 1. The highest BCUT2D eigenvalue weighted by molar-refractivity contribution is 6.21. The maximum atomic E-state index is 11.2. The molecule has 6 nitrogen and oxygen atoms in total. The van der Waals surface area contributed by atoms with Crippen molar-refractivity contribution < 1.29 is 19.4 Å². The topological polar surface area (TPSA) is 79.8 Å². The van der Waals surface area contributed by atoms with Crippen LogP contribution in [-0.4, -0.2) is 23.4 Å². The number of nitrogens with one attached hydrogen (secondary N) is 2. The minimum absolute atomic E-state index is 0.190. The van der Waals surface area contributed by atoms with Gasteiger partial charge in [0.2, 0.25) is 6.79 Å². The van der Waals surface area contributed by atoms with E-state index in [1.165, 1.54) is 0 Å². The van der Waals surface area contributed by atoms with E-state index in [1.807, 2.05) is 0 Å². The Morgan fingerprint density at radius 3 is 2.89 bits per heavy atom. The number of benzene rings is 1.